The van der Waals surface area contributed by atoms with Crippen LogP contribution in [0.5, 0.6) is 5.75 Å². The lowest BCUT2D eigenvalue weighted by atomic mass is 10.0. The predicted molar refractivity (Wildman–Crippen MR) is 159 cm³/mol. The summed E-state index contributed by atoms with van der Waals surface area (Å²) < 4.78 is 33.0. The Morgan fingerprint density at radius 2 is 1.63 bits per heavy atom. The van der Waals surface area contributed by atoms with Gasteiger partial charge < -0.3 is 15.0 Å². The quantitative estimate of drug-likeness (QED) is 0.267. The van der Waals surface area contributed by atoms with Crippen LogP contribution in [0.1, 0.15) is 36.0 Å². The number of nitrogens with one attached hydrogen (secondary N) is 2. The van der Waals surface area contributed by atoms with Crippen molar-refractivity contribution in [2.24, 2.45) is 0 Å². The van der Waals surface area contributed by atoms with Crippen molar-refractivity contribution in [1.29, 1.82) is 0 Å². The van der Waals surface area contributed by atoms with Crippen molar-refractivity contribution in [3.05, 3.63) is 108 Å². The van der Waals surface area contributed by atoms with Crippen LogP contribution in [-0.2, 0) is 39.0 Å². The molecule has 0 aromatic heterocycles. The van der Waals surface area contributed by atoms with Crippen molar-refractivity contribution in [1.82, 2.24) is 14.9 Å². The Morgan fingerprint density at radius 3 is 2.24 bits per heavy atom. The molecule has 0 aliphatic heterocycles. The Labute approximate surface area is 242 Å². The number of carbonyl (C=O) groups is 2. The number of hydrogen-bond acceptors (Lipinski definition) is 5. The van der Waals surface area contributed by atoms with Gasteiger partial charge in [0.05, 0.1) is 12.0 Å². The molecule has 1 atom stereocenters. The Hall–Kier alpha value is -3.95. The third kappa shape index (κ3) is 8.77. The van der Waals surface area contributed by atoms with Gasteiger partial charge in [0.15, 0.2) is 0 Å². The first-order valence-corrected chi connectivity index (χ1v) is 15.2. The lowest BCUT2D eigenvalue weighted by Crippen LogP contribution is -2.50. The van der Waals surface area contributed by atoms with Crippen LogP contribution in [-0.4, -0.2) is 50.9 Å². The fourth-order valence-electron chi connectivity index (χ4n) is 4.49. The van der Waals surface area contributed by atoms with Gasteiger partial charge in [-0.3, -0.25) is 9.59 Å². The number of methoxy groups -OCH3 is 1. The van der Waals surface area contributed by atoms with E-state index < -0.39 is 16.1 Å². The van der Waals surface area contributed by atoms with Crippen LogP contribution in [0.15, 0.2) is 96.4 Å². The summed E-state index contributed by atoms with van der Waals surface area (Å²) in [6.07, 6.45) is 4.25. The number of hydrogen-bond donors (Lipinski definition) is 2. The zero-order chi connectivity index (χ0) is 29.2. The second-order valence-corrected chi connectivity index (χ2v) is 11.9. The topological polar surface area (TPSA) is 105 Å². The summed E-state index contributed by atoms with van der Waals surface area (Å²) in [5, 5.41) is 2.87. The number of sulfonamides is 1. The van der Waals surface area contributed by atoms with Gasteiger partial charge in [0, 0.05) is 32.0 Å². The zero-order valence-electron chi connectivity index (χ0n) is 23.3. The van der Waals surface area contributed by atoms with Crippen LogP contribution in [0.2, 0.25) is 0 Å². The molecule has 0 unspecified atom stereocenters. The molecule has 2 amide bonds. The van der Waals surface area contributed by atoms with E-state index in [9.17, 15) is 18.0 Å². The maximum absolute atomic E-state index is 13.8. The van der Waals surface area contributed by atoms with Gasteiger partial charge in [0.2, 0.25) is 21.8 Å². The molecule has 216 valence electrons. The summed E-state index contributed by atoms with van der Waals surface area (Å²) in [6.45, 7) is 4.23. The van der Waals surface area contributed by atoms with E-state index >= 15 is 0 Å². The van der Waals surface area contributed by atoms with E-state index in [0.29, 0.717) is 25.1 Å². The van der Waals surface area contributed by atoms with Gasteiger partial charge in [-0.05, 0) is 60.2 Å². The summed E-state index contributed by atoms with van der Waals surface area (Å²) in [6, 6.07) is 22.9. The molecule has 1 aliphatic carbocycles. The van der Waals surface area contributed by atoms with E-state index in [2.05, 4.69) is 16.6 Å². The lowest BCUT2D eigenvalue weighted by molar-refractivity contribution is -0.141. The van der Waals surface area contributed by atoms with Crippen LogP contribution in [0.3, 0.4) is 0 Å². The van der Waals surface area contributed by atoms with Crippen LogP contribution >= 0.6 is 0 Å². The summed E-state index contributed by atoms with van der Waals surface area (Å²) in [4.78, 5) is 29.0. The largest absolute Gasteiger partial charge is 0.497 e. The van der Waals surface area contributed by atoms with Gasteiger partial charge in [-0.15, -0.1) is 6.58 Å². The number of carbonyl (C=O) groups excluding carboxylic acids is 2. The summed E-state index contributed by atoms with van der Waals surface area (Å²) in [5.41, 5.74) is 2.64. The molecule has 8 nitrogen and oxygen atoms in total. The van der Waals surface area contributed by atoms with E-state index in [1.807, 2.05) is 54.6 Å². The Kier molecular flexibility index (Phi) is 10.3. The molecule has 1 fully saturated rings. The first kappa shape index (κ1) is 30.0. The molecule has 2 N–H and O–H groups in total. The van der Waals surface area contributed by atoms with E-state index in [1.54, 1.807) is 42.4 Å². The molecule has 0 radical (unpaired) electrons. The molecule has 0 heterocycles. The molecule has 41 heavy (non-hydrogen) atoms. The molecule has 9 heteroatoms. The maximum atomic E-state index is 13.8. The first-order valence-electron chi connectivity index (χ1n) is 13.8. The smallest absolute Gasteiger partial charge is 0.243 e. The summed E-state index contributed by atoms with van der Waals surface area (Å²) >= 11 is 0. The van der Waals surface area contributed by atoms with Gasteiger partial charge in [0.1, 0.15) is 11.8 Å². The average Bonchev–Trinajstić information content (AvgIpc) is 3.80. The number of benzene rings is 3. The SMILES string of the molecule is C=CCNC(=O)[C@@H](Cc1ccccc1)N(Cc1ccc(OC)cc1)C(=O)CCc1ccc(S(=O)(=O)NC2CC2)cc1. The van der Waals surface area contributed by atoms with Crippen LogP contribution in [0, 0.1) is 0 Å². The van der Waals surface area contributed by atoms with Crippen LogP contribution < -0.4 is 14.8 Å². The maximum Gasteiger partial charge on any atom is 0.243 e. The average molecular weight is 576 g/mol. The van der Waals surface area contributed by atoms with Crippen molar-refractivity contribution in [2.45, 2.75) is 55.6 Å². The molecule has 4 rings (SSSR count). The standard InChI is InChI=1S/C32H37N3O5S/c1-3-21-33-32(37)30(22-25-7-5-4-6-8-25)35(23-26-9-16-28(40-2)17-10-26)31(36)20-13-24-11-18-29(19-12-24)41(38,39)34-27-14-15-27/h3-12,16-19,27,30,34H,1,13-15,20-23H2,2H3,(H,33,37)/t30-/m1/s1. The molecule has 1 saturated carbocycles. The third-order valence-corrected chi connectivity index (χ3v) is 8.50. The number of ether oxygens (including phenoxy) is 1. The highest BCUT2D eigenvalue weighted by atomic mass is 32.2. The lowest BCUT2D eigenvalue weighted by Gasteiger charge is -2.31. The molecule has 1 aliphatic rings. The van der Waals surface area contributed by atoms with Gasteiger partial charge >= 0.3 is 0 Å². The van der Waals surface area contributed by atoms with Crippen LogP contribution in [0.25, 0.3) is 0 Å². The Balaban J connectivity index is 1.54. The van der Waals surface area contributed by atoms with E-state index in [4.69, 9.17) is 4.74 Å². The number of rotatable bonds is 15. The monoisotopic (exact) mass is 575 g/mol. The van der Waals surface area contributed by atoms with Gasteiger partial charge in [-0.2, -0.15) is 0 Å². The molecule has 0 spiro atoms. The summed E-state index contributed by atoms with van der Waals surface area (Å²) in [5.74, 6) is 0.268. The molecule has 0 saturated heterocycles. The highest BCUT2D eigenvalue weighted by molar-refractivity contribution is 7.89. The minimum absolute atomic E-state index is 0.0292. The highest BCUT2D eigenvalue weighted by Crippen LogP contribution is 2.23. The highest BCUT2D eigenvalue weighted by Gasteiger charge is 2.30. The first-order chi connectivity index (χ1) is 19.8. The number of nitrogens with zero attached hydrogens (tertiary/aromatic N) is 1. The van der Waals surface area contributed by atoms with E-state index in [1.165, 1.54) is 0 Å². The Morgan fingerprint density at radius 1 is 0.976 bits per heavy atom. The second-order valence-electron chi connectivity index (χ2n) is 10.1. The fourth-order valence-corrected chi connectivity index (χ4v) is 5.80. The van der Waals surface area contributed by atoms with Crippen molar-refractivity contribution >= 4 is 21.8 Å². The van der Waals surface area contributed by atoms with Crippen molar-refractivity contribution in [2.75, 3.05) is 13.7 Å². The predicted octanol–water partition coefficient (Wildman–Crippen LogP) is 4.01. The Bertz CT molecular complexity index is 1420. The molecule has 3 aromatic rings. The number of amides is 2. The van der Waals surface area contributed by atoms with Gasteiger partial charge in [-0.1, -0.05) is 60.7 Å². The molecular formula is C32H37N3O5S. The summed E-state index contributed by atoms with van der Waals surface area (Å²) in [7, 11) is -1.95. The molecule has 3 aromatic carbocycles. The molecular weight excluding hydrogens is 538 g/mol. The molecule has 0 bridgehead atoms. The van der Waals surface area contributed by atoms with Crippen LogP contribution in [0.4, 0.5) is 0 Å². The van der Waals surface area contributed by atoms with Crippen molar-refractivity contribution < 1.29 is 22.7 Å². The minimum atomic E-state index is -3.54. The third-order valence-electron chi connectivity index (χ3n) is 6.96. The van der Waals surface area contributed by atoms with E-state index in [-0.39, 0.29) is 35.7 Å². The van der Waals surface area contributed by atoms with E-state index in [0.717, 1.165) is 29.5 Å². The number of aryl methyl sites for hydroxylation is 1. The second kappa shape index (κ2) is 14.1. The van der Waals surface area contributed by atoms with Gasteiger partial charge in [-0.25, -0.2) is 13.1 Å². The normalized spacial score (nSPS) is 13.7. The minimum Gasteiger partial charge on any atom is -0.497 e. The van der Waals surface area contributed by atoms with Gasteiger partial charge in [0.25, 0.3) is 0 Å². The fraction of sp³-hybridized carbons (Fsp3) is 0.312. The zero-order valence-corrected chi connectivity index (χ0v) is 24.1. The van der Waals surface area contributed by atoms with Crippen molar-refractivity contribution in [3.8, 4) is 5.75 Å². The van der Waals surface area contributed by atoms with Crippen molar-refractivity contribution in [3.63, 3.8) is 0 Å².